The van der Waals surface area contributed by atoms with E-state index in [1.165, 1.54) is 18.6 Å². The predicted molar refractivity (Wildman–Crippen MR) is 145 cm³/mol. The molecule has 0 amide bonds. The zero-order valence-electron chi connectivity index (χ0n) is 21.2. The average molecular weight is 540 g/mol. The summed E-state index contributed by atoms with van der Waals surface area (Å²) in [6.07, 6.45) is 10.5. The largest absolute Gasteiger partial charge is 0.483 e. The molecule has 37 heavy (non-hydrogen) atoms. The first-order chi connectivity index (χ1) is 18.0. The summed E-state index contributed by atoms with van der Waals surface area (Å²) in [4.78, 5) is 20.8. The lowest BCUT2D eigenvalue weighted by Gasteiger charge is -2.24. The summed E-state index contributed by atoms with van der Waals surface area (Å²) in [6.45, 7) is 3.66. The van der Waals surface area contributed by atoms with Crippen molar-refractivity contribution >= 4 is 29.4 Å². The van der Waals surface area contributed by atoms with Gasteiger partial charge in [-0.1, -0.05) is 30.9 Å². The summed E-state index contributed by atoms with van der Waals surface area (Å²) < 4.78 is 19.5. The van der Waals surface area contributed by atoms with E-state index in [9.17, 15) is 9.18 Å². The van der Waals surface area contributed by atoms with Gasteiger partial charge in [-0.25, -0.2) is 9.07 Å². The van der Waals surface area contributed by atoms with Crippen LogP contribution in [0.25, 0.3) is 0 Å². The highest BCUT2D eigenvalue weighted by molar-refractivity contribution is 6.32. The molecule has 0 bridgehead atoms. The quantitative estimate of drug-likeness (QED) is 0.284. The monoisotopic (exact) mass is 539 g/mol. The highest BCUT2D eigenvalue weighted by atomic mass is 35.5. The van der Waals surface area contributed by atoms with Crippen LogP contribution in [0.3, 0.4) is 0 Å². The van der Waals surface area contributed by atoms with Crippen molar-refractivity contribution in [3.8, 4) is 0 Å². The number of halogens is 2. The Bertz CT molecular complexity index is 964. The molecule has 1 aromatic heterocycles. The van der Waals surface area contributed by atoms with Crippen LogP contribution >= 0.6 is 11.6 Å². The molecular formula is C26H39ClFN5O4. The van der Waals surface area contributed by atoms with Crippen molar-refractivity contribution in [1.29, 1.82) is 0 Å². The topological polar surface area (TPSA) is 132 Å². The first-order valence-corrected chi connectivity index (χ1v) is 13.2. The van der Waals surface area contributed by atoms with Crippen molar-refractivity contribution < 1.29 is 19.0 Å². The van der Waals surface area contributed by atoms with Gasteiger partial charge in [-0.15, -0.1) is 0 Å². The number of rotatable bonds is 8. The van der Waals surface area contributed by atoms with Crippen LogP contribution < -0.4 is 21.9 Å². The molecule has 11 heteroatoms. The van der Waals surface area contributed by atoms with E-state index in [2.05, 4.69) is 15.7 Å². The molecule has 2 heterocycles. The maximum Gasteiger partial charge on any atom is 0.290 e. The van der Waals surface area contributed by atoms with E-state index in [1.807, 2.05) is 0 Å². The van der Waals surface area contributed by atoms with Crippen molar-refractivity contribution in [2.45, 2.75) is 57.4 Å². The molecule has 1 aromatic carbocycles. The minimum atomic E-state index is -0.250. The molecule has 2 aliphatic rings. The lowest BCUT2D eigenvalue weighted by atomic mass is 9.96. The Morgan fingerprint density at radius 2 is 1.86 bits per heavy atom. The van der Waals surface area contributed by atoms with Gasteiger partial charge in [-0.3, -0.25) is 9.59 Å². The number of nitrogens with two attached hydrogens (primary N) is 1. The van der Waals surface area contributed by atoms with Gasteiger partial charge in [0.2, 0.25) is 0 Å². The highest BCUT2D eigenvalue weighted by Crippen LogP contribution is 2.27. The van der Waals surface area contributed by atoms with E-state index in [4.69, 9.17) is 32.0 Å². The van der Waals surface area contributed by atoms with Gasteiger partial charge < -0.3 is 26.2 Å². The molecule has 0 radical (unpaired) electrons. The number of anilines is 2. The maximum absolute atomic E-state index is 12.4. The van der Waals surface area contributed by atoms with E-state index in [0.717, 1.165) is 76.9 Å². The number of hydrogen-bond donors (Lipinski definition) is 4. The number of nitrogens with one attached hydrogen (secondary N) is 2. The molecule has 4 rings (SSSR count). The minimum Gasteiger partial charge on any atom is -0.483 e. The van der Waals surface area contributed by atoms with Gasteiger partial charge in [0.05, 0.1) is 24.5 Å². The van der Waals surface area contributed by atoms with E-state index >= 15 is 0 Å². The fourth-order valence-corrected chi connectivity index (χ4v) is 4.48. The average Bonchev–Trinajstić information content (AvgIpc) is 2.93. The van der Waals surface area contributed by atoms with Gasteiger partial charge in [0.15, 0.2) is 0 Å². The second kappa shape index (κ2) is 17.7. The number of ether oxygens (including phenoxy) is 1. The molecule has 9 nitrogen and oxygen atoms in total. The lowest BCUT2D eigenvalue weighted by Crippen LogP contribution is -2.30. The summed E-state index contributed by atoms with van der Waals surface area (Å²) in [7, 11) is 0. The predicted octanol–water partition coefficient (Wildman–Crippen LogP) is 4.53. The normalized spacial score (nSPS) is 17.4. The summed E-state index contributed by atoms with van der Waals surface area (Å²) >= 11 is 6.27. The van der Waals surface area contributed by atoms with Crippen LogP contribution in [0.4, 0.5) is 15.8 Å². The van der Waals surface area contributed by atoms with Gasteiger partial charge in [0, 0.05) is 25.4 Å². The minimum absolute atomic E-state index is 0.168. The number of nitrogens with zero attached hydrogens (tertiary/aromatic N) is 2. The molecule has 1 atom stereocenters. The van der Waals surface area contributed by atoms with Gasteiger partial charge >= 0.3 is 0 Å². The van der Waals surface area contributed by atoms with Crippen molar-refractivity contribution in [2.75, 3.05) is 43.5 Å². The van der Waals surface area contributed by atoms with E-state index in [-0.39, 0.29) is 28.9 Å². The standard InChI is InChI=1S/C16H24ClN3O2.C9H13FN2.CH2O2/c17-15-14(18-9-12-5-4-8-22-11-12)10-19-20(16(15)21)13-6-2-1-3-7-13;10-8-2-4-9(5-3-8)12-7-1-6-11;2-1-3/h10,12-13,18H,1-9,11H2;2-5,12H,1,6-7,11H2;1H,(H,2,3). The first-order valence-electron chi connectivity index (χ1n) is 12.9. The maximum atomic E-state index is 12.4. The summed E-state index contributed by atoms with van der Waals surface area (Å²) in [6, 6.07) is 6.51. The fourth-order valence-electron chi connectivity index (χ4n) is 4.28. The van der Waals surface area contributed by atoms with Gasteiger partial charge in [-0.2, -0.15) is 5.10 Å². The van der Waals surface area contributed by atoms with Crippen molar-refractivity contribution in [3.05, 3.63) is 51.7 Å². The highest BCUT2D eigenvalue weighted by Gasteiger charge is 2.20. The van der Waals surface area contributed by atoms with Crippen LogP contribution in [0.5, 0.6) is 0 Å². The second-order valence-corrected chi connectivity index (χ2v) is 9.44. The third-order valence-corrected chi connectivity index (χ3v) is 6.62. The molecule has 2 aromatic rings. The number of benzene rings is 1. The zero-order valence-corrected chi connectivity index (χ0v) is 22.0. The van der Waals surface area contributed by atoms with Crippen LogP contribution in [-0.2, 0) is 9.53 Å². The summed E-state index contributed by atoms with van der Waals surface area (Å²) in [5.74, 6) is 0.268. The Morgan fingerprint density at radius 1 is 1.16 bits per heavy atom. The summed E-state index contributed by atoms with van der Waals surface area (Å²) in [5.41, 5.74) is 6.73. The molecule has 206 valence electrons. The molecule has 1 unspecified atom stereocenters. The number of hydrogen-bond acceptors (Lipinski definition) is 7. The van der Waals surface area contributed by atoms with Crippen LogP contribution in [0, 0.1) is 11.7 Å². The number of carboxylic acid groups (broad SMARTS) is 1. The number of aromatic nitrogens is 2. The summed E-state index contributed by atoms with van der Waals surface area (Å²) in [5, 5.41) is 17.9. The lowest BCUT2D eigenvalue weighted by molar-refractivity contribution is -0.122. The zero-order chi connectivity index (χ0) is 26.9. The number of carbonyl (C=O) groups is 1. The first kappa shape index (κ1) is 30.5. The van der Waals surface area contributed by atoms with E-state index in [1.54, 1.807) is 23.0 Å². The molecule has 2 fully saturated rings. The Hall–Kier alpha value is -2.69. The van der Waals surface area contributed by atoms with Crippen LogP contribution in [0.2, 0.25) is 5.02 Å². The van der Waals surface area contributed by atoms with Gasteiger partial charge in [0.1, 0.15) is 10.8 Å². The van der Waals surface area contributed by atoms with Crippen molar-refractivity contribution in [2.24, 2.45) is 11.7 Å². The SMILES string of the molecule is NCCCNc1ccc(F)cc1.O=CO.O=c1c(Cl)c(NCC2CCCOC2)cnn1C1CCCCC1. The molecular weight excluding hydrogens is 501 g/mol. The van der Waals surface area contributed by atoms with Crippen molar-refractivity contribution in [1.82, 2.24) is 9.78 Å². The Labute approximate surface area is 222 Å². The molecule has 1 saturated heterocycles. The molecule has 1 aliphatic heterocycles. The smallest absolute Gasteiger partial charge is 0.290 e. The van der Waals surface area contributed by atoms with Crippen molar-refractivity contribution in [3.63, 3.8) is 0 Å². The van der Waals surface area contributed by atoms with Gasteiger partial charge in [0.25, 0.3) is 12.0 Å². The molecule has 1 aliphatic carbocycles. The third kappa shape index (κ3) is 11.1. The van der Waals surface area contributed by atoms with E-state index in [0.29, 0.717) is 18.2 Å². The second-order valence-electron chi connectivity index (χ2n) is 9.06. The molecule has 1 saturated carbocycles. The molecule has 0 spiro atoms. The van der Waals surface area contributed by atoms with Crippen LogP contribution in [0.1, 0.15) is 57.4 Å². The third-order valence-electron chi connectivity index (χ3n) is 6.25. The van der Waals surface area contributed by atoms with Crippen LogP contribution in [-0.4, -0.2) is 54.2 Å². The Kier molecular flexibility index (Phi) is 14.6. The Balaban J connectivity index is 0.000000271. The van der Waals surface area contributed by atoms with Crippen LogP contribution in [0.15, 0.2) is 35.3 Å². The molecule has 5 N–H and O–H groups in total. The Morgan fingerprint density at radius 3 is 2.49 bits per heavy atom. The van der Waals surface area contributed by atoms with E-state index < -0.39 is 0 Å². The van der Waals surface area contributed by atoms with Gasteiger partial charge in [-0.05, 0) is 68.8 Å². The fraction of sp³-hybridized carbons (Fsp3) is 0.577.